The maximum absolute atomic E-state index is 10.9. The van der Waals surface area contributed by atoms with Crippen molar-refractivity contribution >= 4 is 17.3 Å². The molecular formula is C11H12N2O. The largest absolute Gasteiger partial charge is 0.327 e. The number of para-hydroxylation sites is 1. The average molecular weight is 188 g/mol. The molecule has 0 amide bonds. The van der Waals surface area contributed by atoms with Gasteiger partial charge in [-0.2, -0.15) is 0 Å². The molecule has 0 atom stereocenters. The third-order valence-electron chi connectivity index (χ3n) is 2.31. The normalized spacial score (nSPS) is 11.1. The Kier molecular flexibility index (Phi) is 2.08. The summed E-state index contributed by atoms with van der Waals surface area (Å²) in [4.78, 5) is 15.1. The maximum Gasteiger partial charge on any atom is 0.152 e. The molecule has 1 heterocycles. The molecule has 0 N–H and O–H groups in total. The van der Waals surface area contributed by atoms with Gasteiger partial charge in [0.25, 0.3) is 0 Å². The Balaban J connectivity index is 2.80. The Labute approximate surface area is 82.4 Å². The van der Waals surface area contributed by atoms with E-state index in [4.69, 9.17) is 0 Å². The molecular weight excluding hydrogens is 176 g/mol. The van der Waals surface area contributed by atoms with Crippen LogP contribution in [0.2, 0.25) is 0 Å². The monoisotopic (exact) mass is 188 g/mol. The van der Waals surface area contributed by atoms with Crippen LogP contribution in [0.3, 0.4) is 0 Å². The third-order valence-corrected chi connectivity index (χ3v) is 2.31. The number of fused-ring (bicyclic) bond motifs is 1. The summed E-state index contributed by atoms with van der Waals surface area (Å²) in [6.45, 7) is 4.14. The van der Waals surface area contributed by atoms with Crippen LogP contribution in [0.15, 0.2) is 24.5 Å². The van der Waals surface area contributed by atoms with Gasteiger partial charge in [-0.05, 0) is 26.0 Å². The number of hydrogen-bond donors (Lipinski definition) is 0. The van der Waals surface area contributed by atoms with Crippen LogP contribution >= 0.6 is 0 Å². The highest BCUT2D eigenvalue weighted by atomic mass is 16.1. The fraction of sp³-hybridized carbons (Fsp3) is 0.273. The van der Waals surface area contributed by atoms with Crippen molar-refractivity contribution in [1.29, 1.82) is 0 Å². The molecule has 3 nitrogen and oxygen atoms in total. The van der Waals surface area contributed by atoms with E-state index < -0.39 is 0 Å². The highest BCUT2D eigenvalue weighted by molar-refractivity contribution is 5.94. The molecule has 1 aromatic carbocycles. The van der Waals surface area contributed by atoms with E-state index in [1.165, 1.54) is 0 Å². The second kappa shape index (κ2) is 3.25. The lowest BCUT2D eigenvalue weighted by atomic mass is 10.2. The number of benzene rings is 1. The first-order valence-corrected chi connectivity index (χ1v) is 4.64. The minimum absolute atomic E-state index is 0.320. The topological polar surface area (TPSA) is 34.9 Å². The van der Waals surface area contributed by atoms with Gasteiger partial charge in [0.1, 0.15) is 0 Å². The van der Waals surface area contributed by atoms with Crippen LogP contribution in [-0.4, -0.2) is 15.8 Å². The van der Waals surface area contributed by atoms with Gasteiger partial charge in [-0.1, -0.05) is 6.07 Å². The first kappa shape index (κ1) is 8.94. The number of hydrogen-bond acceptors (Lipinski definition) is 2. The zero-order chi connectivity index (χ0) is 10.1. The van der Waals surface area contributed by atoms with Crippen LogP contribution in [0.25, 0.3) is 11.0 Å². The van der Waals surface area contributed by atoms with Crippen LogP contribution in [0.1, 0.15) is 30.2 Å². The van der Waals surface area contributed by atoms with Gasteiger partial charge in [0, 0.05) is 11.6 Å². The summed E-state index contributed by atoms with van der Waals surface area (Å²) in [5, 5.41) is 0. The zero-order valence-corrected chi connectivity index (χ0v) is 8.27. The van der Waals surface area contributed by atoms with Crippen molar-refractivity contribution in [1.82, 2.24) is 9.55 Å². The SMILES string of the molecule is CC(C)n1cnc2cccc(C=O)c21. The summed E-state index contributed by atoms with van der Waals surface area (Å²) in [5.41, 5.74) is 2.51. The molecule has 0 radical (unpaired) electrons. The molecule has 0 unspecified atom stereocenters. The smallest absolute Gasteiger partial charge is 0.152 e. The van der Waals surface area contributed by atoms with E-state index in [0.717, 1.165) is 17.3 Å². The molecule has 0 fully saturated rings. The molecule has 2 aromatic rings. The van der Waals surface area contributed by atoms with E-state index in [9.17, 15) is 4.79 Å². The minimum Gasteiger partial charge on any atom is -0.327 e. The summed E-state index contributed by atoms with van der Waals surface area (Å²) < 4.78 is 2.01. The maximum atomic E-state index is 10.9. The predicted molar refractivity (Wildman–Crippen MR) is 55.5 cm³/mol. The molecule has 3 heteroatoms. The lowest BCUT2D eigenvalue weighted by Crippen LogP contribution is -2.00. The molecule has 0 aliphatic heterocycles. The quantitative estimate of drug-likeness (QED) is 0.678. The number of carbonyl (C=O) groups excluding carboxylic acids is 1. The molecule has 0 saturated carbocycles. The van der Waals surface area contributed by atoms with E-state index in [1.54, 1.807) is 6.33 Å². The highest BCUT2D eigenvalue weighted by Crippen LogP contribution is 2.19. The van der Waals surface area contributed by atoms with Crippen molar-refractivity contribution in [2.45, 2.75) is 19.9 Å². The van der Waals surface area contributed by atoms with Gasteiger partial charge in [-0.15, -0.1) is 0 Å². The Hall–Kier alpha value is -1.64. The summed E-state index contributed by atoms with van der Waals surface area (Å²) >= 11 is 0. The van der Waals surface area contributed by atoms with Crippen molar-refractivity contribution < 1.29 is 4.79 Å². The van der Waals surface area contributed by atoms with Gasteiger partial charge >= 0.3 is 0 Å². The van der Waals surface area contributed by atoms with E-state index in [1.807, 2.05) is 22.8 Å². The predicted octanol–water partition coefficient (Wildman–Crippen LogP) is 2.43. The first-order chi connectivity index (χ1) is 6.74. The zero-order valence-electron chi connectivity index (χ0n) is 8.27. The van der Waals surface area contributed by atoms with Crippen molar-refractivity contribution in [3.8, 4) is 0 Å². The number of aldehydes is 1. The van der Waals surface area contributed by atoms with Crippen LogP contribution in [0.5, 0.6) is 0 Å². The molecule has 0 bridgehead atoms. The van der Waals surface area contributed by atoms with E-state index in [0.29, 0.717) is 11.6 Å². The van der Waals surface area contributed by atoms with Gasteiger partial charge in [0.2, 0.25) is 0 Å². The number of imidazole rings is 1. The van der Waals surface area contributed by atoms with Gasteiger partial charge in [0.15, 0.2) is 6.29 Å². The average Bonchev–Trinajstić information content (AvgIpc) is 2.60. The number of carbonyl (C=O) groups is 1. The third kappa shape index (κ3) is 1.21. The lowest BCUT2D eigenvalue weighted by molar-refractivity contribution is 0.112. The van der Waals surface area contributed by atoms with Crippen LogP contribution in [-0.2, 0) is 0 Å². The molecule has 0 aliphatic carbocycles. The Morgan fingerprint density at radius 3 is 2.86 bits per heavy atom. The van der Waals surface area contributed by atoms with Crippen molar-refractivity contribution in [2.75, 3.05) is 0 Å². The lowest BCUT2D eigenvalue weighted by Gasteiger charge is -2.08. The standard InChI is InChI=1S/C11H12N2O/c1-8(2)13-7-12-10-5-3-4-9(6-14)11(10)13/h3-8H,1-2H3. The van der Waals surface area contributed by atoms with Gasteiger partial charge in [-0.25, -0.2) is 4.98 Å². The van der Waals surface area contributed by atoms with Crippen molar-refractivity contribution in [3.05, 3.63) is 30.1 Å². The highest BCUT2D eigenvalue weighted by Gasteiger charge is 2.08. The van der Waals surface area contributed by atoms with Crippen LogP contribution < -0.4 is 0 Å². The van der Waals surface area contributed by atoms with E-state index in [-0.39, 0.29) is 0 Å². The summed E-state index contributed by atoms with van der Waals surface area (Å²) in [6, 6.07) is 5.90. The second-order valence-corrected chi connectivity index (χ2v) is 3.58. The molecule has 1 aromatic heterocycles. The number of rotatable bonds is 2. The molecule has 0 aliphatic rings. The minimum atomic E-state index is 0.320. The summed E-state index contributed by atoms with van der Waals surface area (Å²) in [6.07, 6.45) is 2.66. The number of aromatic nitrogens is 2. The molecule has 2 rings (SSSR count). The summed E-state index contributed by atoms with van der Waals surface area (Å²) in [5.74, 6) is 0. The summed E-state index contributed by atoms with van der Waals surface area (Å²) in [7, 11) is 0. The van der Waals surface area contributed by atoms with Gasteiger partial charge in [-0.3, -0.25) is 4.79 Å². The van der Waals surface area contributed by atoms with E-state index in [2.05, 4.69) is 18.8 Å². The molecule has 72 valence electrons. The fourth-order valence-electron chi connectivity index (χ4n) is 1.60. The van der Waals surface area contributed by atoms with Gasteiger partial charge in [0.05, 0.1) is 17.4 Å². The second-order valence-electron chi connectivity index (χ2n) is 3.58. The number of nitrogens with zero attached hydrogens (tertiary/aromatic N) is 2. The molecule has 0 spiro atoms. The van der Waals surface area contributed by atoms with E-state index >= 15 is 0 Å². The van der Waals surface area contributed by atoms with Crippen molar-refractivity contribution in [2.24, 2.45) is 0 Å². The Morgan fingerprint density at radius 1 is 1.43 bits per heavy atom. The van der Waals surface area contributed by atoms with Crippen LogP contribution in [0.4, 0.5) is 0 Å². The molecule has 0 saturated heterocycles. The van der Waals surface area contributed by atoms with Crippen LogP contribution in [0, 0.1) is 0 Å². The van der Waals surface area contributed by atoms with Crippen molar-refractivity contribution in [3.63, 3.8) is 0 Å². The fourth-order valence-corrected chi connectivity index (χ4v) is 1.60. The first-order valence-electron chi connectivity index (χ1n) is 4.64. The van der Waals surface area contributed by atoms with Gasteiger partial charge < -0.3 is 4.57 Å². The Bertz CT molecular complexity index is 471. The molecule has 14 heavy (non-hydrogen) atoms. The Morgan fingerprint density at radius 2 is 2.21 bits per heavy atom.